The predicted molar refractivity (Wildman–Crippen MR) is 51.9 cm³/mol. The molecule has 1 atom stereocenters. The number of methoxy groups -OCH3 is 1. The SMILES string of the molecule is COC(=O)C[C@H](O)c1c(C)c[nH]c1C. The first-order valence-electron chi connectivity index (χ1n) is 4.45. The summed E-state index contributed by atoms with van der Waals surface area (Å²) in [6.07, 6.45) is 1.02. The third-order valence-corrected chi connectivity index (χ3v) is 2.25. The van der Waals surface area contributed by atoms with Gasteiger partial charge in [-0.05, 0) is 19.4 Å². The van der Waals surface area contributed by atoms with Gasteiger partial charge in [-0.1, -0.05) is 0 Å². The van der Waals surface area contributed by atoms with E-state index in [-0.39, 0.29) is 6.42 Å². The summed E-state index contributed by atoms with van der Waals surface area (Å²) >= 11 is 0. The van der Waals surface area contributed by atoms with Gasteiger partial charge in [0.15, 0.2) is 0 Å². The highest BCUT2D eigenvalue weighted by atomic mass is 16.5. The van der Waals surface area contributed by atoms with E-state index in [1.165, 1.54) is 7.11 Å². The summed E-state index contributed by atoms with van der Waals surface area (Å²) in [5.74, 6) is -0.405. The van der Waals surface area contributed by atoms with E-state index >= 15 is 0 Å². The Hall–Kier alpha value is -1.29. The summed E-state index contributed by atoms with van der Waals surface area (Å²) in [5, 5.41) is 9.75. The first-order chi connectivity index (χ1) is 6.56. The maximum absolute atomic E-state index is 10.9. The van der Waals surface area contributed by atoms with Crippen molar-refractivity contribution in [1.29, 1.82) is 0 Å². The van der Waals surface area contributed by atoms with E-state index in [2.05, 4.69) is 9.72 Å². The van der Waals surface area contributed by atoms with Crippen molar-refractivity contribution in [2.45, 2.75) is 26.4 Å². The smallest absolute Gasteiger partial charge is 0.308 e. The van der Waals surface area contributed by atoms with Crippen molar-refractivity contribution in [2.24, 2.45) is 0 Å². The van der Waals surface area contributed by atoms with E-state index < -0.39 is 12.1 Å². The average molecular weight is 197 g/mol. The lowest BCUT2D eigenvalue weighted by Gasteiger charge is -2.10. The maximum atomic E-state index is 10.9. The molecule has 0 aliphatic carbocycles. The van der Waals surface area contributed by atoms with Crippen LogP contribution in [0.25, 0.3) is 0 Å². The van der Waals surface area contributed by atoms with Gasteiger partial charge in [0.2, 0.25) is 0 Å². The molecule has 1 heterocycles. The zero-order valence-electron chi connectivity index (χ0n) is 8.63. The zero-order chi connectivity index (χ0) is 10.7. The highest BCUT2D eigenvalue weighted by Crippen LogP contribution is 2.23. The minimum absolute atomic E-state index is 0.00394. The van der Waals surface area contributed by atoms with Crippen LogP contribution in [0.4, 0.5) is 0 Å². The van der Waals surface area contributed by atoms with Gasteiger partial charge < -0.3 is 14.8 Å². The number of nitrogens with one attached hydrogen (secondary N) is 1. The van der Waals surface area contributed by atoms with Gasteiger partial charge in [0.1, 0.15) is 0 Å². The molecule has 0 aliphatic heterocycles. The summed E-state index contributed by atoms with van der Waals surface area (Å²) in [4.78, 5) is 13.9. The van der Waals surface area contributed by atoms with Gasteiger partial charge in [0.05, 0.1) is 19.6 Å². The molecule has 0 bridgehead atoms. The van der Waals surface area contributed by atoms with E-state index in [4.69, 9.17) is 0 Å². The number of hydrogen-bond donors (Lipinski definition) is 2. The molecule has 4 nitrogen and oxygen atoms in total. The average Bonchev–Trinajstić information content (AvgIpc) is 2.46. The summed E-state index contributed by atoms with van der Waals surface area (Å²) in [6.45, 7) is 3.75. The molecule has 0 radical (unpaired) electrons. The molecule has 0 aromatic carbocycles. The Labute approximate surface area is 82.9 Å². The van der Waals surface area contributed by atoms with Crippen molar-refractivity contribution in [3.05, 3.63) is 23.0 Å². The number of rotatable bonds is 3. The fraction of sp³-hybridized carbons (Fsp3) is 0.500. The van der Waals surface area contributed by atoms with Crippen LogP contribution in [-0.4, -0.2) is 23.2 Å². The number of ether oxygens (including phenoxy) is 1. The van der Waals surface area contributed by atoms with E-state index in [1.54, 1.807) is 0 Å². The number of aromatic nitrogens is 1. The molecule has 1 aromatic heterocycles. The fourth-order valence-corrected chi connectivity index (χ4v) is 1.52. The minimum atomic E-state index is -0.784. The molecule has 78 valence electrons. The monoisotopic (exact) mass is 197 g/mol. The quantitative estimate of drug-likeness (QED) is 0.716. The number of aliphatic hydroxyl groups excluding tert-OH is 1. The summed E-state index contributed by atoms with van der Waals surface area (Å²) < 4.78 is 4.49. The van der Waals surface area contributed by atoms with Gasteiger partial charge in [0.25, 0.3) is 0 Å². The summed E-state index contributed by atoms with van der Waals surface area (Å²) in [5.41, 5.74) is 2.63. The van der Waals surface area contributed by atoms with Crippen LogP contribution in [0, 0.1) is 13.8 Å². The molecule has 0 spiro atoms. The first kappa shape index (κ1) is 10.8. The standard InChI is InChI=1S/C10H15NO3/c1-6-5-11-7(2)10(6)8(12)4-9(13)14-3/h5,8,11-12H,4H2,1-3H3/t8-/m0/s1. The van der Waals surface area contributed by atoms with Crippen LogP contribution in [-0.2, 0) is 9.53 Å². The van der Waals surface area contributed by atoms with Crippen molar-refractivity contribution < 1.29 is 14.6 Å². The Kier molecular flexibility index (Phi) is 3.30. The van der Waals surface area contributed by atoms with Crippen LogP contribution in [0.15, 0.2) is 6.20 Å². The molecule has 0 fully saturated rings. The normalized spacial score (nSPS) is 12.6. The molecule has 1 aromatic rings. The second-order valence-corrected chi connectivity index (χ2v) is 3.31. The molecule has 0 saturated carbocycles. The Morgan fingerprint density at radius 2 is 2.29 bits per heavy atom. The number of H-pyrrole nitrogens is 1. The number of hydrogen-bond acceptors (Lipinski definition) is 3. The molecule has 4 heteroatoms. The van der Waals surface area contributed by atoms with Gasteiger partial charge in [-0.2, -0.15) is 0 Å². The van der Waals surface area contributed by atoms with Crippen molar-refractivity contribution in [2.75, 3.05) is 7.11 Å². The van der Waals surface area contributed by atoms with Crippen LogP contribution >= 0.6 is 0 Å². The minimum Gasteiger partial charge on any atom is -0.469 e. The molecule has 2 N–H and O–H groups in total. The fourth-order valence-electron chi connectivity index (χ4n) is 1.52. The van der Waals surface area contributed by atoms with Crippen LogP contribution in [0.5, 0.6) is 0 Å². The number of aryl methyl sites for hydroxylation is 2. The van der Waals surface area contributed by atoms with E-state index in [0.717, 1.165) is 16.8 Å². The second-order valence-electron chi connectivity index (χ2n) is 3.31. The number of aromatic amines is 1. The number of carbonyl (C=O) groups is 1. The first-order valence-corrected chi connectivity index (χ1v) is 4.45. The van der Waals surface area contributed by atoms with E-state index in [9.17, 15) is 9.90 Å². The molecule has 0 saturated heterocycles. The van der Waals surface area contributed by atoms with Crippen molar-refractivity contribution in [3.8, 4) is 0 Å². The highest BCUT2D eigenvalue weighted by molar-refractivity contribution is 5.70. The topological polar surface area (TPSA) is 62.3 Å². The van der Waals surface area contributed by atoms with Gasteiger partial charge >= 0.3 is 5.97 Å². The van der Waals surface area contributed by atoms with E-state index in [0.29, 0.717) is 0 Å². The van der Waals surface area contributed by atoms with Crippen LogP contribution in [0.3, 0.4) is 0 Å². The van der Waals surface area contributed by atoms with Crippen molar-refractivity contribution in [1.82, 2.24) is 4.98 Å². The summed E-state index contributed by atoms with van der Waals surface area (Å²) in [7, 11) is 1.31. The van der Waals surface area contributed by atoms with Gasteiger partial charge in [-0.3, -0.25) is 4.79 Å². The number of aliphatic hydroxyl groups is 1. The van der Waals surface area contributed by atoms with Crippen LogP contribution in [0.1, 0.15) is 29.3 Å². The predicted octanol–water partition coefficient (Wildman–Crippen LogP) is 1.23. The largest absolute Gasteiger partial charge is 0.469 e. The van der Waals surface area contributed by atoms with Crippen LogP contribution in [0.2, 0.25) is 0 Å². The van der Waals surface area contributed by atoms with Crippen molar-refractivity contribution >= 4 is 5.97 Å². The second kappa shape index (κ2) is 4.28. The lowest BCUT2D eigenvalue weighted by molar-refractivity contribution is -0.142. The molecular formula is C10H15NO3. The molecule has 0 aliphatic rings. The number of esters is 1. The van der Waals surface area contributed by atoms with Gasteiger partial charge in [-0.15, -0.1) is 0 Å². The van der Waals surface area contributed by atoms with E-state index in [1.807, 2.05) is 20.0 Å². The Balaban J connectivity index is 2.78. The zero-order valence-corrected chi connectivity index (χ0v) is 8.63. The Morgan fingerprint density at radius 1 is 1.64 bits per heavy atom. The Morgan fingerprint density at radius 3 is 2.71 bits per heavy atom. The third kappa shape index (κ3) is 2.14. The van der Waals surface area contributed by atoms with Gasteiger partial charge in [-0.25, -0.2) is 0 Å². The van der Waals surface area contributed by atoms with Crippen molar-refractivity contribution in [3.63, 3.8) is 0 Å². The lowest BCUT2D eigenvalue weighted by atomic mass is 10.0. The Bertz CT molecular complexity index is 311. The molecule has 0 amide bonds. The molecular weight excluding hydrogens is 182 g/mol. The molecule has 14 heavy (non-hydrogen) atoms. The number of carbonyl (C=O) groups excluding carboxylic acids is 1. The highest BCUT2D eigenvalue weighted by Gasteiger charge is 2.18. The summed E-state index contributed by atoms with van der Waals surface area (Å²) in [6, 6.07) is 0. The van der Waals surface area contributed by atoms with Crippen LogP contribution < -0.4 is 0 Å². The third-order valence-electron chi connectivity index (χ3n) is 2.25. The lowest BCUT2D eigenvalue weighted by Crippen LogP contribution is -2.09. The van der Waals surface area contributed by atoms with Gasteiger partial charge in [0, 0.05) is 17.5 Å². The maximum Gasteiger partial charge on any atom is 0.308 e. The molecule has 1 rings (SSSR count). The molecule has 0 unspecified atom stereocenters.